The highest BCUT2D eigenvalue weighted by atomic mass is 16.8. The van der Waals surface area contributed by atoms with E-state index in [1.54, 1.807) is 6.08 Å². The van der Waals surface area contributed by atoms with E-state index >= 15 is 0 Å². The van der Waals surface area contributed by atoms with Gasteiger partial charge in [0.15, 0.2) is 18.9 Å². The summed E-state index contributed by atoms with van der Waals surface area (Å²) in [6.07, 6.45) is 13.9. The summed E-state index contributed by atoms with van der Waals surface area (Å²) in [5, 5.41) is 119. The molecule has 73 heavy (non-hydrogen) atoms. The molecule has 0 aromatic rings. The molecule has 17 unspecified atom stereocenters. The molecule has 3 heterocycles. The Bertz CT molecular complexity index is 1580. The smallest absolute Gasteiger partial charge is 0.220 e. The highest BCUT2D eigenvalue weighted by Crippen LogP contribution is 2.33. The van der Waals surface area contributed by atoms with Gasteiger partial charge in [-0.2, -0.15) is 0 Å². The van der Waals surface area contributed by atoms with E-state index in [0.29, 0.717) is 6.42 Å². The Morgan fingerprint density at radius 3 is 1.48 bits per heavy atom. The third kappa shape index (κ3) is 23.3. The molecule has 19 nitrogen and oxygen atoms in total. The van der Waals surface area contributed by atoms with Crippen LogP contribution < -0.4 is 5.32 Å². The highest BCUT2D eigenvalue weighted by Gasteiger charge is 2.53. The van der Waals surface area contributed by atoms with E-state index in [-0.39, 0.29) is 18.9 Å². The summed E-state index contributed by atoms with van der Waals surface area (Å²) in [6, 6.07) is -0.976. The highest BCUT2D eigenvalue weighted by molar-refractivity contribution is 5.76. The molecule has 422 valence electrons. The van der Waals surface area contributed by atoms with Crippen molar-refractivity contribution >= 4 is 5.91 Å². The summed E-state index contributed by atoms with van der Waals surface area (Å²) in [5.74, 6) is -0.293. The molecule has 3 aliphatic rings. The minimum Gasteiger partial charge on any atom is -0.394 e. The fraction of sp³-hybridized carbons (Fsp3) is 0.796. The maximum Gasteiger partial charge on any atom is 0.220 e. The lowest BCUT2D eigenvalue weighted by molar-refractivity contribution is -0.379. The van der Waals surface area contributed by atoms with E-state index in [0.717, 1.165) is 96.3 Å². The summed E-state index contributed by atoms with van der Waals surface area (Å²) in [6.45, 7) is 1.49. The van der Waals surface area contributed by atoms with Gasteiger partial charge in [0.25, 0.3) is 0 Å². The number of hydrogen-bond acceptors (Lipinski definition) is 18. The number of aliphatic hydroxyl groups excluding tert-OH is 11. The van der Waals surface area contributed by atoms with E-state index in [9.17, 15) is 61.0 Å². The molecule has 0 bridgehead atoms. The zero-order chi connectivity index (χ0) is 53.4. The number of carbonyl (C=O) groups is 1. The van der Waals surface area contributed by atoms with Crippen LogP contribution in [0, 0.1) is 0 Å². The standard InChI is InChI=1S/C54H93NO18/c1-3-5-7-9-11-12-13-14-15-16-17-18-19-20-21-22-23-24-26-28-30-32-42(60)55-37(38(59)31-29-27-25-10-8-6-4-2)36-68-52-48(66)45(63)50(40(34-57)70-52)73-54-49(67)46(64)51(41(35-58)71-54)72-53-47(65)44(62)43(61)39(33-56)69-53/h5,7,11-12,14-15,17-18,29,31,37-41,43-54,56-59,61-67H,3-4,6,8-10,13,16,19-28,30,32-36H2,1-2H3,(H,55,60)/b7-5-,12-11-,15-14-,18-17-,31-29+. The van der Waals surface area contributed by atoms with Gasteiger partial charge in [0.1, 0.15) is 73.2 Å². The fourth-order valence-electron chi connectivity index (χ4n) is 8.83. The minimum atomic E-state index is -1.98. The SMILES string of the molecule is CC/C=C\C/C=C\C/C=C\C/C=C\CCCCCCCCCCC(=O)NC(COC1OC(CO)C(OC2OC(CO)C(OC3OC(CO)C(O)C(O)C3O)C(O)C2O)C(O)C1O)C(O)/C=C/CCCCCCC. The number of nitrogens with one attached hydrogen (secondary N) is 1. The predicted octanol–water partition coefficient (Wildman–Crippen LogP) is 2.92. The Kier molecular flexibility index (Phi) is 33.8. The minimum absolute atomic E-state index is 0.230. The van der Waals surface area contributed by atoms with E-state index in [4.69, 9.17) is 28.4 Å². The Morgan fingerprint density at radius 1 is 0.507 bits per heavy atom. The number of allylic oxidation sites excluding steroid dienone is 9. The third-order valence-corrected chi connectivity index (χ3v) is 13.3. The van der Waals surface area contributed by atoms with Crippen molar-refractivity contribution in [2.24, 2.45) is 0 Å². The second-order valence-corrected chi connectivity index (χ2v) is 19.3. The molecular formula is C54H93NO18. The molecule has 0 radical (unpaired) electrons. The lowest BCUT2D eigenvalue weighted by atomic mass is 9.96. The topological polar surface area (TPSA) is 307 Å². The van der Waals surface area contributed by atoms with Crippen LogP contribution in [-0.4, -0.2) is 193 Å². The second kappa shape index (κ2) is 38.1. The first-order valence-electron chi connectivity index (χ1n) is 27.0. The van der Waals surface area contributed by atoms with Crippen molar-refractivity contribution in [3.63, 3.8) is 0 Å². The molecule has 1 amide bonds. The number of carbonyl (C=O) groups excluding carboxylic acids is 1. The normalized spacial score (nSPS) is 32.2. The Morgan fingerprint density at radius 2 is 0.945 bits per heavy atom. The van der Waals surface area contributed by atoms with Gasteiger partial charge in [-0.3, -0.25) is 4.79 Å². The van der Waals surface area contributed by atoms with Gasteiger partial charge in [-0.15, -0.1) is 0 Å². The van der Waals surface area contributed by atoms with Crippen LogP contribution in [0.1, 0.15) is 142 Å². The molecule has 0 aromatic carbocycles. The maximum atomic E-state index is 13.2. The Hall–Kier alpha value is -2.51. The molecule has 3 aliphatic heterocycles. The second-order valence-electron chi connectivity index (χ2n) is 19.3. The first kappa shape index (κ1) is 64.8. The molecule has 3 rings (SSSR count). The molecule has 3 saturated heterocycles. The fourth-order valence-corrected chi connectivity index (χ4v) is 8.83. The van der Waals surface area contributed by atoms with E-state index in [1.807, 2.05) is 6.08 Å². The van der Waals surface area contributed by atoms with Gasteiger partial charge in [-0.25, -0.2) is 0 Å². The number of ether oxygens (including phenoxy) is 6. The lowest BCUT2D eigenvalue weighted by Gasteiger charge is -2.48. The van der Waals surface area contributed by atoms with Crippen molar-refractivity contribution in [3.05, 3.63) is 60.8 Å². The van der Waals surface area contributed by atoms with Crippen molar-refractivity contribution in [2.45, 2.75) is 247 Å². The number of unbranched alkanes of at least 4 members (excludes halogenated alkanes) is 13. The van der Waals surface area contributed by atoms with Gasteiger partial charge in [-0.05, 0) is 57.8 Å². The lowest BCUT2D eigenvalue weighted by Crippen LogP contribution is -2.66. The van der Waals surface area contributed by atoms with Gasteiger partial charge in [0.2, 0.25) is 5.91 Å². The summed E-state index contributed by atoms with van der Waals surface area (Å²) in [7, 11) is 0. The van der Waals surface area contributed by atoms with Crippen LogP contribution in [0.25, 0.3) is 0 Å². The number of aliphatic hydroxyl groups is 11. The van der Waals surface area contributed by atoms with Crippen LogP contribution >= 0.6 is 0 Å². The molecule has 12 N–H and O–H groups in total. The van der Waals surface area contributed by atoms with Crippen molar-refractivity contribution in [1.29, 1.82) is 0 Å². The number of amides is 1. The average Bonchev–Trinajstić information content (AvgIpc) is 3.39. The molecule has 0 aromatic heterocycles. The van der Waals surface area contributed by atoms with Crippen LogP contribution in [0.4, 0.5) is 0 Å². The molecule has 0 aliphatic carbocycles. The average molecular weight is 1040 g/mol. The first-order valence-corrected chi connectivity index (χ1v) is 27.0. The van der Waals surface area contributed by atoms with Crippen molar-refractivity contribution in [1.82, 2.24) is 5.32 Å². The van der Waals surface area contributed by atoms with Gasteiger partial charge in [-0.1, -0.05) is 139 Å². The zero-order valence-electron chi connectivity index (χ0n) is 43.3. The first-order chi connectivity index (χ1) is 35.3. The van der Waals surface area contributed by atoms with Gasteiger partial charge in [0, 0.05) is 6.42 Å². The van der Waals surface area contributed by atoms with Crippen molar-refractivity contribution < 1.29 is 89.4 Å². The van der Waals surface area contributed by atoms with Crippen LogP contribution in [0.2, 0.25) is 0 Å². The summed E-state index contributed by atoms with van der Waals surface area (Å²) in [4.78, 5) is 13.2. The number of hydrogen-bond donors (Lipinski definition) is 12. The van der Waals surface area contributed by atoms with Crippen molar-refractivity contribution in [3.8, 4) is 0 Å². The van der Waals surface area contributed by atoms with E-state index in [1.165, 1.54) is 19.3 Å². The zero-order valence-corrected chi connectivity index (χ0v) is 43.3. The van der Waals surface area contributed by atoms with Gasteiger partial charge < -0.3 is 89.9 Å². The molecule has 0 saturated carbocycles. The Labute approximate surface area is 433 Å². The van der Waals surface area contributed by atoms with Crippen LogP contribution in [0.15, 0.2) is 60.8 Å². The van der Waals surface area contributed by atoms with Crippen molar-refractivity contribution in [2.75, 3.05) is 26.4 Å². The van der Waals surface area contributed by atoms with E-state index < -0.39 is 124 Å². The third-order valence-electron chi connectivity index (χ3n) is 13.3. The maximum absolute atomic E-state index is 13.2. The Balaban J connectivity index is 1.47. The summed E-state index contributed by atoms with van der Waals surface area (Å²) >= 11 is 0. The van der Waals surface area contributed by atoms with Gasteiger partial charge in [0.05, 0.1) is 38.6 Å². The molecule has 17 atom stereocenters. The molecule has 19 heteroatoms. The molecule has 3 fully saturated rings. The van der Waals surface area contributed by atoms with Crippen LogP contribution in [0.3, 0.4) is 0 Å². The molecular weight excluding hydrogens is 951 g/mol. The van der Waals surface area contributed by atoms with E-state index in [2.05, 4.69) is 67.8 Å². The summed E-state index contributed by atoms with van der Waals surface area (Å²) in [5.41, 5.74) is 0. The van der Waals surface area contributed by atoms with Crippen LogP contribution in [-0.2, 0) is 33.2 Å². The quantitative estimate of drug-likeness (QED) is 0.0315. The monoisotopic (exact) mass is 1040 g/mol. The molecule has 0 spiro atoms. The predicted molar refractivity (Wildman–Crippen MR) is 272 cm³/mol. The van der Waals surface area contributed by atoms with Crippen LogP contribution in [0.5, 0.6) is 0 Å². The summed E-state index contributed by atoms with van der Waals surface area (Å²) < 4.78 is 34.0. The largest absolute Gasteiger partial charge is 0.394 e. The van der Waals surface area contributed by atoms with Gasteiger partial charge >= 0.3 is 0 Å². The number of rotatable bonds is 37.